The van der Waals surface area contributed by atoms with E-state index in [1.807, 2.05) is 0 Å². The first-order chi connectivity index (χ1) is 6.83. The fourth-order valence-electron chi connectivity index (χ4n) is 0.697. The Balaban J connectivity index is 2.09. The zero-order valence-electron chi connectivity index (χ0n) is 7.73. The molecular weight excluding hydrogens is 222 g/mol. The minimum atomic E-state index is -0.0118. The van der Waals surface area contributed by atoms with Gasteiger partial charge in [-0.15, -0.1) is 10.2 Å². The number of hydrogen-bond donors (Lipinski definition) is 1. The third-order valence-corrected chi connectivity index (χ3v) is 3.16. The maximum Gasteiger partial charge on any atom is 0.230 e. The van der Waals surface area contributed by atoms with E-state index in [1.54, 1.807) is 12.6 Å². The van der Waals surface area contributed by atoms with Crippen molar-refractivity contribution in [2.45, 2.75) is 4.34 Å². The van der Waals surface area contributed by atoms with Crippen molar-refractivity contribution in [1.82, 2.24) is 15.5 Å². The molecule has 0 bridgehead atoms. The van der Waals surface area contributed by atoms with Gasteiger partial charge >= 0.3 is 0 Å². The number of methoxy groups -OCH3 is 1. The van der Waals surface area contributed by atoms with Crippen molar-refractivity contribution in [2.75, 3.05) is 26.0 Å². The van der Waals surface area contributed by atoms with E-state index in [-0.39, 0.29) is 5.91 Å². The van der Waals surface area contributed by atoms with Gasteiger partial charge in [-0.25, -0.2) is 0 Å². The van der Waals surface area contributed by atoms with Crippen LogP contribution in [0.15, 0.2) is 9.85 Å². The molecule has 1 rings (SSSR count). The summed E-state index contributed by atoms with van der Waals surface area (Å²) >= 11 is 2.81. The first-order valence-electron chi connectivity index (χ1n) is 3.97. The molecule has 1 amide bonds. The van der Waals surface area contributed by atoms with Crippen molar-refractivity contribution in [3.05, 3.63) is 5.51 Å². The SMILES string of the molecule is COCCNC(=O)CSc1nncs1. The molecular formula is C7H11N3O2S2. The molecule has 0 saturated heterocycles. The number of carbonyl (C=O) groups is 1. The van der Waals surface area contributed by atoms with Gasteiger partial charge in [-0.05, 0) is 0 Å². The summed E-state index contributed by atoms with van der Waals surface area (Å²) < 4.78 is 5.61. The van der Waals surface area contributed by atoms with Crippen LogP contribution in [0, 0.1) is 0 Å². The minimum Gasteiger partial charge on any atom is -0.383 e. The average Bonchev–Trinajstić information content (AvgIpc) is 2.68. The summed E-state index contributed by atoms with van der Waals surface area (Å²) in [5.74, 6) is 0.362. The van der Waals surface area contributed by atoms with Gasteiger partial charge in [0, 0.05) is 13.7 Å². The quantitative estimate of drug-likeness (QED) is 0.569. The molecule has 0 unspecified atom stereocenters. The summed E-state index contributed by atoms with van der Waals surface area (Å²) in [6.07, 6.45) is 0. The first kappa shape index (κ1) is 11.4. The Morgan fingerprint density at radius 2 is 2.64 bits per heavy atom. The Kier molecular flexibility index (Phi) is 5.50. The summed E-state index contributed by atoms with van der Waals surface area (Å²) in [5, 5.41) is 10.2. The molecule has 0 spiro atoms. The number of carbonyl (C=O) groups excluding carboxylic acids is 1. The van der Waals surface area contributed by atoms with Crippen LogP contribution in [0.3, 0.4) is 0 Å². The van der Waals surface area contributed by atoms with Gasteiger partial charge in [-0.1, -0.05) is 23.1 Å². The lowest BCUT2D eigenvalue weighted by atomic mass is 10.6. The number of rotatable bonds is 6. The van der Waals surface area contributed by atoms with Gasteiger partial charge in [0.25, 0.3) is 0 Å². The Labute approximate surface area is 90.3 Å². The second-order valence-corrected chi connectivity index (χ2v) is 4.39. The van der Waals surface area contributed by atoms with E-state index in [0.717, 1.165) is 4.34 Å². The first-order valence-corrected chi connectivity index (χ1v) is 5.84. The lowest BCUT2D eigenvalue weighted by Gasteiger charge is -2.02. The molecule has 0 saturated carbocycles. The maximum atomic E-state index is 11.2. The van der Waals surface area contributed by atoms with Crippen LogP contribution in [0.4, 0.5) is 0 Å². The van der Waals surface area contributed by atoms with Crippen molar-refractivity contribution >= 4 is 29.0 Å². The zero-order chi connectivity index (χ0) is 10.2. The lowest BCUT2D eigenvalue weighted by Crippen LogP contribution is -2.28. The van der Waals surface area contributed by atoms with Gasteiger partial charge in [-0.3, -0.25) is 4.79 Å². The molecule has 1 N–H and O–H groups in total. The standard InChI is InChI=1S/C7H11N3O2S2/c1-12-3-2-8-6(11)4-13-7-10-9-5-14-7/h5H,2-4H2,1H3,(H,8,11). The van der Waals surface area contributed by atoms with Gasteiger partial charge in [0.05, 0.1) is 12.4 Å². The second kappa shape index (κ2) is 6.74. The molecule has 0 aromatic carbocycles. The summed E-state index contributed by atoms with van der Waals surface area (Å²) in [5.41, 5.74) is 1.64. The fourth-order valence-corrected chi connectivity index (χ4v) is 2.01. The molecule has 7 heteroatoms. The highest BCUT2D eigenvalue weighted by atomic mass is 32.2. The third kappa shape index (κ3) is 4.54. The predicted molar refractivity (Wildman–Crippen MR) is 55.5 cm³/mol. The maximum absolute atomic E-state index is 11.2. The number of nitrogens with zero attached hydrogens (tertiary/aromatic N) is 2. The number of thioether (sulfide) groups is 1. The van der Waals surface area contributed by atoms with E-state index >= 15 is 0 Å². The summed E-state index contributed by atoms with van der Waals surface area (Å²) in [6.45, 7) is 1.08. The number of nitrogens with one attached hydrogen (secondary N) is 1. The molecule has 0 aliphatic rings. The van der Waals surface area contributed by atoms with Gasteiger partial charge in [0.2, 0.25) is 5.91 Å². The summed E-state index contributed by atoms with van der Waals surface area (Å²) in [6, 6.07) is 0. The van der Waals surface area contributed by atoms with E-state index in [0.29, 0.717) is 18.9 Å². The Morgan fingerprint density at radius 1 is 1.79 bits per heavy atom. The molecule has 0 aliphatic heterocycles. The van der Waals surface area contributed by atoms with Crippen LogP contribution in [0.1, 0.15) is 0 Å². The van der Waals surface area contributed by atoms with Crippen LogP contribution >= 0.6 is 23.1 Å². The van der Waals surface area contributed by atoms with Crippen molar-refractivity contribution in [1.29, 1.82) is 0 Å². The van der Waals surface area contributed by atoms with Gasteiger partial charge in [-0.2, -0.15) is 0 Å². The summed E-state index contributed by atoms with van der Waals surface area (Å²) in [7, 11) is 1.60. The van der Waals surface area contributed by atoms with Crippen molar-refractivity contribution in [3.8, 4) is 0 Å². The molecule has 1 heterocycles. The van der Waals surface area contributed by atoms with Crippen LogP contribution in [0.2, 0.25) is 0 Å². The zero-order valence-corrected chi connectivity index (χ0v) is 9.36. The highest BCUT2D eigenvalue weighted by molar-refractivity contribution is 8.01. The number of hydrogen-bond acceptors (Lipinski definition) is 6. The topological polar surface area (TPSA) is 64.1 Å². The van der Waals surface area contributed by atoms with Crippen LogP contribution < -0.4 is 5.32 Å². The third-order valence-electron chi connectivity index (χ3n) is 1.30. The molecule has 0 fully saturated rings. The molecule has 78 valence electrons. The number of aromatic nitrogens is 2. The fraction of sp³-hybridized carbons (Fsp3) is 0.571. The molecule has 14 heavy (non-hydrogen) atoms. The van der Waals surface area contributed by atoms with Crippen LogP contribution in [0.25, 0.3) is 0 Å². The second-order valence-electron chi connectivity index (χ2n) is 2.34. The van der Waals surface area contributed by atoms with Crippen molar-refractivity contribution in [3.63, 3.8) is 0 Å². The number of ether oxygens (including phenoxy) is 1. The van der Waals surface area contributed by atoms with Gasteiger partial charge in [0.1, 0.15) is 5.51 Å². The van der Waals surface area contributed by atoms with E-state index in [9.17, 15) is 4.79 Å². The molecule has 0 aliphatic carbocycles. The van der Waals surface area contributed by atoms with Gasteiger partial charge in [0.15, 0.2) is 4.34 Å². The largest absolute Gasteiger partial charge is 0.383 e. The summed E-state index contributed by atoms with van der Waals surface area (Å²) in [4.78, 5) is 11.2. The molecule has 1 aromatic rings. The highest BCUT2D eigenvalue weighted by Crippen LogP contribution is 2.17. The molecule has 5 nitrogen and oxygen atoms in total. The predicted octanol–water partition coefficient (Wildman–Crippen LogP) is 0.393. The van der Waals surface area contributed by atoms with E-state index in [4.69, 9.17) is 4.74 Å². The molecule has 0 atom stereocenters. The molecule has 0 radical (unpaired) electrons. The van der Waals surface area contributed by atoms with Crippen molar-refractivity contribution < 1.29 is 9.53 Å². The average molecular weight is 233 g/mol. The van der Waals surface area contributed by atoms with Crippen LogP contribution in [0.5, 0.6) is 0 Å². The van der Waals surface area contributed by atoms with E-state index in [2.05, 4.69) is 15.5 Å². The van der Waals surface area contributed by atoms with E-state index in [1.165, 1.54) is 23.1 Å². The minimum absolute atomic E-state index is 0.0118. The lowest BCUT2D eigenvalue weighted by molar-refractivity contribution is -0.118. The van der Waals surface area contributed by atoms with E-state index < -0.39 is 0 Å². The number of amides is 1. The normalized spacial score (nSPS) is 10.1. The Bertz CT molecular complexity index is 266. The molecule has 1 aromatic heterocycles. The van der Waals surface area contributed by atoms with Crippen LogP contribution in [-0.2, 0) is 9.53 Å². The monoisotopic (exact) mass is 233 g/mol. The highest BCUT2D eigenvalue weighted by Gasteiger charge is 2.03. The Morgan fingerprint density at radius 3 is 3.29 bits per heavy atom. The van der Waals surface area contributed by atoms with Crippen molar-refractivity contribution in [2.24, 2.45) is 0 Å². The smallest absolute Gasteiger partial charge is 0.230 e. The van der Waals surface area contributed by atoms with Gasteiger partial charge < -0.3 is 10.1 Å². The Hall–Kier alpha value is -0.660. The van der Waals surface area contributed by atoms with Crippen LogP contribution in [-0.4, -0.2) is 42.1 Å².